The molecular weight excluding hydrogens is 553 g/mol. The summed E-state index contributed by atoms with van der Waals surface area (Å²) in [5.74, 6) is 0.345. The summed E-state index contributed by atoms with van der Waals surface area (Å²) in [6.45, 7) is 8.29. The van der Waals surface area contributed by atoms with Crippen molar-refractivity contribution >= 4 is 47.4 Å². The van der Waals surface area contributed by atoms with Gasteiger partial charge in [-0.3, -0.25) is 9.59 Å². The number of hydrogen-bond acceptors (Lipinski definition) is 3. The van der Waals surface area contributed by atoms with Crippen LogP contribution >= 0.6 is 35.6 Å². The molecule has 216 valence electrons. The maximum Gasteiger partial charge on any atom is 0.253 e. The molecule has 1 aliphatic heterocycles. The fraction of sp³-hybridized carbons (Fsp3) is 0.548. The van der Waals surface area contributed by atoms with Crippen LogP contribution in [0.25, 0.3) is 0 Å². The zero-order valence-corrected chi connectivity index (χ0v) is 25.9. The first-order chi connectivity index (χ1) is 18.3. The second kappa shape index (κ2) is 17.1. The SMILES string of the molecule is CCCCCCN(C(C)=O)C1CCN(CCC(CN(C)C(=O)c2ccccc2)c2ccc(Cl)c(Cl)c2)CC1.Cl. The van der Waals surface area contributed by atoms with Gasteiger partial charge in [-0.25, -0.2) is 0 Å². The van der Waals surface area contributed by atoms with Gasteiger partial charge in [0, 0.05) is 57.7 Å². The van der Waals surface area contributed by atoms with Gasteiger partial charge in [0.1, 0.15) is 0 Å². The number of amides is 2. The first-order valence-corrected chi connectivity index (χ1v) is 14.8. The van der Waals surface area contributed by atoms with E-state index in [4.69, 9.17) is 23.2 Å². The molecule has 8 heteroatoms. The first-order valence-electron chi connectivity index (χ1n) is 14.0. The minimum absolute atomic E-state index is 0. The molecule has 1 aliphatic rings. The maximum absolute atomic E-state index is 13.0. The summed E-state index contributed by atoms with van der Waals surface area (Å²) in [6, 6.07) is 15.5. The van der Waals surface area contributed by atoms with Crippen LogP contribution in [0.15, 0.2) is 48.5 Å². The Kier molecular flexibility index (Phi) is 14.7. The van der Waals surface area contributed by atoms with Gasteiger partial charge in [-0.05, 0) is 62.1 Å². The van der Waals surface area contributed by atoms with Crippen molar-refractivity contribution in [2.24, 2.45) is 0 Å². The third kappa shape index (κ3) is 10.3. The molecule has 0 bridgehead atoms. The third-order valence-corrected chi connectivity index (χ3v) is 8.46. The molecule has 3 rings (SSSR count). The van der Waals surface area contributed by atoms with Crippen molar-refractivity contribution in [1.82, 2.24) is 14.7 Å². The standard InChI is InChI=1S/C31H43Cl2N3O2.ClH/c1-4-5-6-10-18-36(24(2)37)28-16-20-35(21-17-28)19-15-27(26-13-14-29(32)30(33)22-26)23-34(3)31(38)25-11-8-7-9-12-25;/h7-9,11-14,22,27-28H,4-6,10,15-21,23H2,1-3H3;1H. The van der Waals surface area contributed by atoms with Crippen LogP contribution in [-0.2, 0) is 4.79 Å². The van der Waals surface area contributed by atoms with Crippen LogP contribution < -0.4 is 0 Å². The lowest BCUT2D eigenvalue weighted by molar-refractivity contribution is -0.132. The number of carbonyl (C=O) groups excluding carboxylic acids is 2. The lowest BCUT2D eigenvalue weighted by atomic mass is 9.93. The monoisotopic (exact) mass is 595 g/mol. The number of benzene rings is 2. The van der Waals surface area contributed by atoms with Crippen LogP contribution in [0.4, 0.5) is 0 Å². The Morgan fingerprint density at radius 3 is 2.31 bits per heavy atom. The molecule has 1 saturated heterocycles. The molecule has 1 atom stereocenters. The van der Waals surface area contributed by atoms with E-state index < -0.39 is 0 Å². The van der Waals surface area contributed by atoms with Crippen molar-refractivity contribution in [3.8, 4) is 0 Å². The van der Waals surface area contributed by atoms with Crippen LogP contribution in [0.1, 0.15) is 80.6 Å². The Morgan fingerprint density at radius 1 is 1.00 bits per heavy atom. The number of nitrogens with zero attached hydrogens (tertiary/aromatic N) is 3. The van der Waals surface area contributed by atoms with Crippen molar-refractivity contribution in [2.45, 2.75) is 70.8 Å². The normalized spacial score (nSPS) is 14.9. The van der Waals surface area contributed by atoms with E-state index in [2.05, 4.69) is 16.7 Å². The molecule has 1 unspecified atom stereocenters. The number of carbonyl (C=O) groups is 2. The van der Waals surface area contributed by atoms with E-state index in [-0.39, 0.29) is 30.1 Å². The Labute approximate surface area is 251 Å². The van der Waals surface area contributed by atoms with Crippen LogP contribution in [0, 0.1) is 0 Å². The predicted octanol–water partition coefficient (Wildman–Crippen LogP) is 7.55. The Hall–Kier alpha value is -1.79. The van der Waals surface area contributed by atoms with Gasteiger partial charge in [-0.15, -0.1) is 12.4 Å². The van der Waals surface area contributed by atoms with E-state index in [0.717, 1.165) is 57.4 Å². The highest BCUT2D eigenvalue weighted by Crippen LogP contribution is 2.30. The average molecular weight is 597 g/mol. The predicted molar refractivity (Wildman–Crippen MR) is 165 cm³/mol. The molecule has 2 aromatic carbocycles. The number of unbranched alkanes of at least 4 members (excludes halogenated alkanes) is 3. The highest BCUT2D eigenvalue weighted by Gasteiger charge is 2.27. The number of halogens is 3. The van der Waals surface area contributed by atoms with Crippen molar-refractivity contribution < 1.29 is 9.59 Å². The molecular formula is C31H44Cl3N3O2. The van der Waals surface area contributed by atoms with Crippen LogP contribution in [0.2, 0.25) is 10.0 Å². The lowest BCUT2D eigenvalue weighted by Crippen LogP contribution is -2.47. The second-order valence-corrected chi connectivity index (χ2v) is 11.4. The minimum Gasteiger partial charge on any atom is -0.341 e. The van der Waals surface area contributed by atoms with Crippen LogP contribution in [0.3, 0.4) is 0 Å². The van der Waals surface area contributed by atoms with E-state index >= 15 is 0 Å². The van der Waals surface area contributed by atoms with Crippen molar-refractivity contribution in [2.75, 3.05) is 39.8 Å². The Morgan fingerprint density at radius 2 is 1.69 bits per heavy atom. The fourth-order valence-corrected chi connectivity index (χ4v) is 5.75. The van der Waals surface area contributed by atoms with E-state index in [1.54, 1.807) is 11.8 Å². The van der Waals surface area contributed by atoms with Gasteiger partial charge in [0.2, 0.25) is 5.91 Å². The van der Waals surface area contributed by atoms with E-state index in [9.17, 15) is 9.59 Å². The molecule has 1 fully saturated rings. The molecule has 1 heterocycles. The van der Waals surface area contributed by atoms with Crippen molar-refractivity contribution in [3.05, 3.63) is 69.7 Å². The third-order valence-electron chi connectivity index (χ3n) is 7.73. The van der Waals surface area contributed by atoms with Crippen molar-refractivity contribution in [1.29, 1.82) is 0 Å². The summed E-state index contributed by atoms with van der Waals surface area (Å²) in [5, 5.41) is 1.07. The Balaban J connectivity index is 0.00000533. The van der Waals surface area contributed by atoms with Gasteiger partial charge in [-0.2, -0.15) is 0 Å². The summed E-state index contributed by atoms with van der Waals surface area (Å²) in [5.41, 5.74) is 1.78. The van der Waals surface area contributed by atoms with Gasteiger partial charge in [0.25, 0.3) is 5.91 Å². The number of hydrogen-bond donors (Lipinski definition) is 0. The quantitative estimate of drug-likeness (QED) is 0.224. The van der Waals surface area contributed by atoms with Gasteiger partial charge in [0.05, 0.1) is 10.0 Å². The summed E-state index contributed by atoms with van der Waals surface area (Å²) in [7, 11) is 1.86. The highest BCUT2D eigenvalue weighted by molar-refractivity contribution is 6.42. The van der Waals surface area contributed by atoms with Crippen LogP contribution in [0.5, 0.6) is 0 Å². The Bertz CT molecular complexity index is 1030. The smallest absolute Gasteiger partial charge is 0.253 e. The fourth-order valence-electron chi connectivity index (χ4n) is 5.44. The molecule has 2 amide bonds. The van der Waals surface area contributed by atoms with E-state index in [1.165, 1.54) is 19.3 Å². The average Bonchev–Trinajstić information content (AvgIpc) is 2.92. The molecule has 0 aliphatic carbocycles. The number of likely N-dealkylation sites (N-methyl/N-ethyl adjacent to an activating group) is 1. The maximum atomic E-state index is 13.0. The molecule has 0 spiro atoms. The first kappa shape index (κ1) is 33.4. The van der Waals surface area contributed by atoms with Gasteiger partial charge in [-0.1, -0.05) is 73.7 Å². The molecule has 0 N–H and O–H groups in total. The zero-order chi connectivity index (χ0) is 27.5. The van der Waals surface area contributed by atoms with Gasteiger partial charge >= 0.3 is 0 Å². The highest BCUT2D eigenvalue weighted by atomic mass is 35.5. The van der Waals surface area contributed by atoms with Crippen molar-refractivity contribution in [3.63, 3.8) is 0 Å². The summed E-state index contributed by atoms with van der Waals surface area (Å²) >= 11 is 12.6. The topological polar surface area (TPSA) is 43.9 Å². The number of piperidine rings is 1. The second-order valence-electron chi connectivity index (χ2n) is 10.6. The molecule has 0 radical (unpaired) electrons. The zero-order valence-electron chi connectivity index (χ0n) is 23.6. The van der Waals surface area contributed by atoms with E-state index in [1.807, 2.05) is 55.6 Å². The summed E-state index contributed by atoms with van der Waals surface area (Å²) in [4.78, 5) is 31.8. The molecule has 0 saturated carbocycles. The van der Waals surface area contributed by atoms with E-state index in [0.29, 0.717) is 28.2 Å². The lowest BCUT2D eigenvalue weighted by Gasteiger charge is -2.39. The van der Waals surface area contributed by atoms with Gasteiger partial charge < -0.3 is 14.7 Å². The molecule has 39 heavy (non-hydrogen) atoms. The number of rotatable bonds is 13. The largest absolute Gasteiger partial charge is 0.341 e. The van der Waals surface area contributed by atoms with Gasteiger partial charge in [0.15, 0.2) is 0 Å². The van der Waals surface area contributed by atoms with Crippen LogP contribution in [-0.4, -0.2) is 72.3 Å². The number of likely N-dealkylation sites (tertiary alicyclic amines) is 1. The minimum atomic E-state index is 0. The molecule has 5 nitrogen and oxygen atoms in total. The molecule has 2 aromatic rings. The summed E-state index contributed by atoms with van der Waals surface area (Å²) in [6.07, 6.45) is 7.65. The molecule has 0 aromatic heterocycles. The summed E-state index contributed by atoms with van der Waals surface area (Å²) < 4.78 is 0.